The van der Waals surface area contributed by atoms with Gasteiger partial charge >= 0.3 is 5.97 Å². The smallest absolute Gasteiger partial charge is 0.342 e. The van der Waals surface area contributed by atoms with Crippen molar-refractivity contribution < 1.29 is 34.4 Å². The summed E-state index contributed by atoms with van der Waals surface area (Å²) in [6, 6.07) is 12.4. The SMILES string of the molecule is COc1cc(O)c2c(c1)/C=C/C[C@H](O)[C@H](O)C(=O)/C=C\[C@H](Cc1ccccc1)[C@H](C)OC2=O. The van der Waals surface area contributed by atoms with Crippen molar-refractivity contribution in [2.75, 3.05) is 7.11 Å². The molecule has 33 heavy (non-hydrogen) atoms. The molecule has 1 aliphatic heterocycles. The summed E-state index contributed by atoms with van der Waals surface area (Å²) < 4.78 is 10.9. The van der Waals surface area contributed by atoms with Crippen LogP contribution in [0.4, 0.5) is 0 Å². The van der Waals surface area contributed by atoms with Crippen molar-refractivity contribution in [1.82, 2.24) is 0 Å². The summed E-state index contributed by atoms with van der Waals surface area (Å²) in [5.41, 5.74) is 1.26. The van der Waals surface area contributed by atoms with Gasteiger partial charge in [0.2, 0.25) is 0 Å². The maximum Gasteiger partial charge on any atom is 0.342 e. The van der Waals surface area contributed by atoms with Crippen LogP contribution in [0.15, 0.2) is 60.7 Å². The van der Waals surface area contributed by atoms with E-state index in [1.165, 1.54) is 31.4 Å². The quantitative estimate of drug-likeness (QED) is 0.614. The molecule has 2 aromatic carbocycles. The fraction of sp³-hybridized carbons (Fsp3) is 0.308. The highest BCUT2D eigenvalue weighted by molar-refractivity contribution is 5.97. The molecule has 0 unspecified atom stereocenters. The van der Waals surface area contributed by atoms with Crippen molar-refractivity contribution in [2.45, 2.75) is 38.1 Å². The van der Waals surface area contributed by atoms with E-state index in [1.54, 1.807) is 19.1 Å². The monoisotopic (exact) mass is 452 g/mol. The van der Waals surface area contributed by atoms with Gasteiger partial charge in [0.25, 0.3) is 0 Å². The van der Waals surface area contributed by atoms with Gasteiger partial charge in [-0.05, 0) is 43.0 Å². The Hall–Kier alpha value is -3.42. The zero-order valence-electron chi connectivity index (χ0n) is 18.5. The number of phenols is 1. The number of phenolic OH excluding ortho intramolecular Hbond substituents is 1. The lowest BCUT2D eigenvalue weighted by molar-refractivity contribution is -0.127. The molecule has 3 N–H and O–H groups in total. The number of ketones is 1. The predicted octanol–water partition coefficient (Wildman–Crippen LogP) is 3.07. The highest BCUT2D eigenvalue weighted by Gasteiger charge is 2.27. The fourth-order valence-electron chi connectivity index (χ4n) is 3.66. The number of cyclic esters (lactones) is 1. The Balaban J connectivity index is 2.02. The molecule has 0 bridgehead atoms. The maximum absolute atomic E-state index is 13.0. The van der Waals surface area contributed by atoms with Crippen LogP contribution in [-0.2, 0) is 16.0 Å². The van der Waals surface area contributed by atoms with E-state index in [-0.39, 0.29) is 17.7 Å². The van der Waals surface area contributed by atoms with Gasteiger partial charge in [0.05, 0.1) is 13.2 Å². The average molecular weight is 453 g/mol. The zero-order valence-corrected chi connectivity index (χ0v) is 18.5. The topological polar surface area (TPSA) is 113 Å². The molecule has 174 valence electrons. The van der Waals surface area contributed by atoms with Crippen LogP contribution >= 0.6 is 0 Å². The van der Waals surface area contributed by atoms with Crippen molar-refractivity contribution in [2.24, 2.45) is 5.92 Å². The highest BCUT2D eigenvalue weighted by atomic mass is 16.5. The molecule has 0 fully saturated rings. The molecule has 4 atom stereocenters. The summed E-state index contributed by atoms with van der Waals surface area (Å²) in [4.78, 5) is 25.5. The minimum Gasteiger partial charge on any atom is -0.507 e. The van der Waals surface area contributed by atoms with Crippen molar-refractivity contribution in [3.8, 4) is 11.5 Å². The number of hydrogen-bond donors (Lipinski definition) is 3. The van der Waals surface area contributed by atoms with Gasteiger partial charge < -0.3 is 24.8 Å². The van der Waals surface area contributed by atoms with Crippen LogP contribution in [0.3, 0.4) is 0 Å². The third-order valence-corrected chi connectivity index (χ3v) is 5.61. The normalized spacial score (nSPS) is 25.9. The van der Waals surface area contributed by atoms with Crippen molar-refractivity contribution in [1.29, 1.82) is 0 Å². The molecule has 1 aliphatic rings. The number of aliphatic hydroxyl groups excluding tert-OH is 2. The van der Waals surface area contributed by atoms with Gasteiger partial charge in [-0.2, -0.15) is 0 Å². The molecule has 0 radical (unpaired) electrons. The van der Waals surface area contributed by atoms with Gasteiger partial charge in [0, 0.05) is 12.0 Å². The van der Waals surface area contributed by atoms with E-state index in [2.05, 4.69) is 0 Å². The summed E-state index contributed by atoms with van der Waals surface area (Å²) in [6.45, 7) is 1.70. The standard InChI is InChI=1S/C26H28O7/c1-16-18(13-17-7-4-3-5-8-17)11-12-22(28)25(30)21(27)10-6-9-19-14-20(32-2)15-23(29)24(19)26(31)33-16/h3-9,11-12,14-16,18,21,25,27,29-30H,10,13H2,1-2H3/b9-6+,12-11-/t16-,18+,21-,25-/m0/s1. The summed E-state index contributed by atoms with van der Waals surface area (Å²) in [5, 5.41) is 31.0. The molecule has 3 rings (SSSR count). The molecule has 7 nitrogen and oxygen atoms in total. The van der Waals surface area contributed by atoms with E-state index < -0.39 is 36.0 Å². The fourth-order valence-corrected chi connectivity index (χ4v) is 3.66. The number of aliphatic hydroxyl groups is 2. The first-order chi connectivity index (χ1) is 15.8. The van der Waals surface area contributed by atoms with Crippen molar-refractivity contribution in [3.05, 3.63) is 77.4 Å². The second-order valence-corrected chi connectivity index (χ2v) is 7.99. The lowest BCUT2D eigenvalue weighted by Crippen LogP contribution is -2.33. The third kappa shape index (κ3) is 6.09. The summed E-state index contributed by atoms with van der Waals surface area (Å²) in [7, 11) is 1.43. The van der Waals surface area contributed by atoms with Crippen LogP contribution in [-0.4, -0.2) is 52.5 Å². The molecule has 0 spiro atoms. The van der Waals surface area contributed by atoms with Gasteiger partial charge in [-0.15, -0.1) is 0 Å². The Morgan fingerprint density at radius 1 is 1.09 bits per heavy atom. The van der Waals surface area contributed by atoms with E-state index in [1.807, 2.05) is 30.3 Å². The second-order valence-electron chi connectivity index (χ2n) is 7.99. The molecule has 2 aromatic rings. The molecule has 0 saturated carbocycles. The predicted molar refractivity (Wildman–Crippen MR) is 123 cm³/mol. The van der Waals surface area contributed by atoms with E-state index in [4.69, 9.17) is 9.47 Å². The lowest BCUT2D eigenvalue weighted by atomic mass is 9.93. The number of ether oxygens (including phenoxy) is 2. The number of carbonyl (C=O) groups is 2. The zero-order chi connectivity index (χ0) is 24.0. The first kappa shape index (κ1) is 24.2. The number of rotatable bonds is 3. The summed E-state index contributed by atoms with van der Waals surface area (Å²) in [5.74, 6) is -1.73. The Bertz CT molecular complexity index is 1040. The number of benzene rings is 2. The van der Waals surface area contributed by atoms with Gasteiger partial charge in [0.1, 0.15) is 29.3 Å². The van der Waals surface area contributed by atoms with E-state index in [9.17, 15) is 24.9 Å². The molecule has 7 heteroatoms. The van der Waals surface area contributed by atoms with E-state index in [0.29, 0.717) is 17.7 Å². The number of carbonyl (C=O) groups excluding carboxylic acids is 2. The first-order valence-electron chi connectivity index (χ1n) is 10.7. The minimum absolute atomic E-state index is 0.0375. The Labute approximate surface area is 192 Å². The van der Waals surface area contributed by atoms with Crippen LogP contribution in [0.5, 0.6) is 11.5 Å². The molecular weight excluding hydrogens is 424 g/mol. The summed E-state index contributed by atoms with van der Waals surface area (Å²) in [6.07, 6.45) is 2.65. The third-order valence-electron chi connectivity index (χ3n) is 5.61. The number of esters is 1. The van der Waals surface area contributed by atoms with Crippen molar-refractivity contribution >= 4 is 17.8 Å². The van der Waals surface area contributed by atoms with Gasteiger partial charge in [0.15, 0.2) is 5.78 Å². The van der Waals surface area contributed by atoms with Crippen LogP contribution in [0.2, 0.25) is 0 Å². The molecule has 0 amide bonds. The van der Waals surface area contributed by atoms with Gasteiger partial charge in [-0.25, -0.2) is 4.79 Å². The Morgan fingerprint density at radius 2 is 1.82 bits per heavy atom. The molecular formula is C26H28O7. The molecule has 1 heterocycles. The summed E-state index contributed by atoms with van der Waals surface area (Å²) >= 11 is 0. The van der Waals surface area contributed by atoms with Crippen LogP contribution in [0, 0.1) is 5.92 Å². The van der Waals surface area contributed by atoms with Crippen LogP contribution in [0.25, 0.3) is 6.08 Å². The average Bonchev–Trinajstić information content (AvgIpc) is 2.80. The van der Waals surface area contributed by atoms with Gasteiger partial charge in [-0.1, -0.05) is 48.6 Å². The molecule has 0 aromatic heterocycles. The van der Waals surface area contributed by atoms with E-state index >= 15 is 0 Å². The van der Waals surface area contributed by atoms with Crippen molar-refractivity contribution in [3.63, 3.8) is 0 Å². The van der Waals surface area contributed by atoms with Crippen LogP contribution in [0.1, 0.15) is 34.8 Å². The molecule has 0 aliphatic carbocycles. The molecule has 0 saturated heterocycles. The first-order valence-corrected chi connectivity index (χ1v) is 10.7. The Kier molecular flexibility index (Phi) is 8.03. The highest BCUT2D eigenvalue weighted by Crippen LogP contribution is 2.31. The number of methoxy groups -OCH3 is 1. The number of fused-ring (bicyclic) bond motifs is 1. The van der Waals surface area contributed by atoms with Crippen LogP contribution < -0.4 is 4.74 Å². The number of aromatic hydroxyl groups is 1. The largest absolute Gasteiger partial charge is 0.507 e. The number of hydrogen-bond acceptors (Lipinski definition) is 7. The van der Waals surface area contributed by atoms with Gasteiger partial charge in [-0.3, -0.25) is 4.79 Å². The Morgan fingerprint density at radius 3 is 2.52 bits per heavy atom. The van der Waals surface area contributed by atoms with E-state index in [0.717, 1.165) is 5.56 Å². The minimum atomic E-state index is -1.60. The lowest BCUT2D eigenvalue weighted by Gasteiger charge is -2.23. The maximum atomic E-state index is 13.0. The second kappa shape index (κ2) is 10.9.